The summed E-state index contributed by atoms with van der Waals surface area (Å²) >= 11 is 0. The normalized spacial score (nSPS) is 16.9. The van der Waals surface area contributed by atoms with Crippen LogP contribution in [-0.4, -0.2) is 56.4 Å². The van der Waals surface area contributed by atoms with Gasteiger partial charge in [0.25, 0.3) is 0 Å². The van der Waals surface area contributed by atoms with Crippen molar-refractivity contribution in [3.63, 3.8) is 0 Å². The first-order chi connectivity index (χ1) is 11.7. The zero-order valence-electron chi connectivity index (χ0n) is 13.4. The summed E-state index contributed by atoms with van der Waals surface area (Å²) in [5.74, 6) is 0.337. The lowest BCUT2D eigenvalue weighted by Crippen LogP contribution is -2.38. The van der Waals surface area contributed by atoms with E-state index in [2.05, 4.69) is 0 Å². The van der Waals surface area contributed by atoms with Crippen LogP contribution in [0.5, 0.6) is 11.5 Å². The number of morpholine rings is 1. The number of carbonyl (C=O) groups is 2. The van der Waals surface area contributed by atoms with Gasteiger partial charge in [-0.1, -0.05) is 0 Å². The van der Waals surface area contributed by atoms with Crippen LogP contribution in [0.1, 0.15) is 17.3 Å². The molecule has 1 fully saturated rings. The molecule has 0 N–H and O–H groups in total. The molecule has 0 aliphatic carbocycles. The van der Waals surface area contributed by atoms with Crippen LogP contribution >= 0.6 is 0 Å². The highest BCUT2D eigenvalue weighted by Gasteiger charge is 2.23. The van der Waals surface area contributed by atoms with Crippen molar-refractivity contribution in [2.75, 3.05) is 39.7 Å². The van der Waals surface area contributed by atoms with Gasteiger partial charge in [0.05, 0.1) is 19.8 Å². The Labute approximate surface area is 139 Å². The van der Waals surface area contributed by atoms with Crippen molar-refractivity contribution < 1.29 is 28.5 Å². The summed E-state index contributed by atoms with van der Waals surface area (Å²) < 4.78 is 20.9. The number of carbonyl (C=O) groups excluding carboxylic acids is 2. The number of hydrogen-bond acceptors (Lipinski definition) is 7. The number of rotatable bonds is 5. The molecule has 0 radical (unpaired) electrons. The summed E-state index contributed by atoms with van der Waals surface area (Å²) in [6.45, 7) is 4.22. The first-order valence-corrected chi connectivity index (χ1v) is 7.84. The van der Waals surface area contributed by atoms with E-state index in [1.165, 1.54) is 6.08 Å². The summed E-state index contributed by atoms with van der Waals surface area (Å²) in [5, 5.41) is 0. The van der Waals surface area contributed by atoms with Crippen molar-refractivity contribution in [2.45, 2.75) is 6.92 Å². The van der Waals surface area contributed by atoms with Gasteiger partial charge in [-0.3, -0.25) is 4.79 Å². The van der Waals surface area contributed by atoms with Crippen molar-refractivity contribution in [3.05, 3.63) is 35.5 Å². The first kappa shape index (κ1) is 16.3. The molecule has 2 heterocycles. The second kappa shape index (κ2) is 7.35. The smallest absolute Gasteiger partial charge is 0.354 e. The minimum atomic E-state index is -0.506. The summed E-state index contributed by atoms with van der Waals surface area (Å²) in [5.41, 5.74) is 0.678. The number of nitrogens with zero attached hydrogens (tertiary/aromatic N) is 1. The Kier molecular flexibility index (Phi) is 5.00. The third-order valence-electron chi connectivity index (χ3n) is 3.76. The predicted molar refractivity (Wildman–Crippen MR) is 84.0 cm³/mol. The van der Waals surface area contributed by atoms with E-state index in [1.807, 2.05) is 4.90 Å². The summed E-state index contributed by atoms with van der Waals surface area (Å²) in [7, 11) is 0. The van der Waals surface area contributed by atoms with E-state index >= 15 is 0 Å². The zero-order valence-corrected chi connectivity index (χ0v) is 13.4. The van der Waals surface area contributed by atoms with Gasteiger partial charge in [-0.2, -0.15) is 0 Å². The fourth-order valence-electron chi connectivity index (χ4n) is 2.55. The van der Waals surface area contributed by atoms with Crippen LogP contribution < -0.4 is 9.47 Å². The molecule has 2 aliphatic rings. The van der Waals surface area contributed by atoms with E-state index in [0.29, 0.717) is 43.4 Å². The Hall–Kier alpha value is -2.54. The van der Waals surface area contributed by atoms with Gasteiger partial charge >= 0.3 is 5.97 Å². The molecular weight excluding hydrogens is 314 g/mol. The number of esters is 1. The maximum Gasteiger partial charge on any atom is 0.354 e. The lowest BCUT2D eigenvalue weighted by molar-refractivity contribution is -0.141. The molecule has 0 unspecified atom stereocenters. The van der Waals surface area contributed by atoms with Gasteiger partial charge in [0.1, 0.15) is 5.70 Å². The van der Waals surface area contributed by atoms with Gasteiger partial charge in [0.15, 0.2) is 17.3 Å². The molecule has 0 spiro atoms. The van der Waals surface area contributed by atoms with Crippen LogP contribution in [0, 0.1) is 0 Å². The number of fused-ring (bicyclic) bond motifs is 1. The molecule has 7 heteroatoms. The minimum absolute atomic E-state index is 0.144. The molecule has 1 aromatic rings. The highest BCUT2D eigenvalue weighted by Crippen LogP contribution is 2.32. The lowest BCUT2D eigenvalue weighted by Gasteiger charge is -2.29. The maximum absolute atomic E-state index is 12.6. The second-order valence-electron chi connectivity index (χ2n) is 5.28. The molecule has 0 amide bonds. The summed E-state index contributed by atoms with van der Waals surface area (Å²) in [4.78, 5) is 26.6. The number of hydrogen-bond donors (Lipinski definition) is 0. The molecule has 128 valence electrons. The molecule has 0 aromatic heterocycles. The van der Waals surface area contributed by atoms with Gasteiger partial charge in [-0.05, 0) is 25.1 Å². The third-order valence-corrected chi connectivity index (χ3v) is 3.76. The van der Waals surface area contributed by atoms with Crippen LogP contribution in [0.15, 0.2) is 30.0 Å². The van der Waals surface area contributed by atoms with Crippen LogP contribution in [0.25, 0.3) is 0 Å². The topological polar surface area (TPSA) is 74.3 Å². The van der Waals surface area contributed by atoms with Gasteiger partial charge in [0.2, 0.25) is 6.79 Å². The Bertz CT molecular complexity index is 663. The quantitative estimate of drug-likeness (QED) is 0.458. The standard InChI is InChI=1S/C17H19NO6/c1-2-22-17(20)13(18-5-7-21-8-6-18)10-14(19)12-3-4-15-16(9-12)24-11-23-15/h3-4,9-10H,2,5-8,11H2,1H3/b13-10+. The van der Waals surface area contributed by atoms with Crippen LogP contribution in [0.2, 0.25) is 0 Å². The van der Waals surface area contributed by atoms with Crippen LogP contribution in [-0.2, 0) is 14.3 Å². The number of allylic oxidation sites excluding steroid dienone is 1. The van der Waals surface area contributed by atoms with Crippen LogP contribution in [0.3, 0.4) is 0 Å². The van der Waals surface area contributed by atoms with Crippen molar-refractivity contribution in [1.29, 1.82) is 0 Å². The highest BCUT2D eigenvalue weighted by molar-refractivity contribution is 6.08. The molecular formula is C17H19NO6. The Morgan fingerprint density at radius 3 is 2.71 bits per heavy atom. The maximum atomic E-state index is 12.6. The van der Waals surface area contributed by atoms with E-state index in [9.17, 15) is 9.59 Å². The molecule has 3 rings (SSSR count). The molecule has 2 aliphatic heterocycles. The van der Waals surface area contributed by atoms with E-state index in [4.69, 9.17) is 18.9 Å². The van der Waals surface area contributed by atoms with Crippen molar-refractivity contribution in [2.24, 2.45) is 0 Å². The predicted octanol–water partition coefficient (Wildman–Crippen LogP) is 1.38. The van der Waals surface area contributed by atoms with E-state index in [0.717, 1.165) is 0 Å². The van der Waals surface area contributed by atoms with Crippen molar-refractivity contribution in [3.8, 4) is 11.5 Å². The Balaban J connectivity index is 1.85. The fraction of sp³-hybridized carbons (Fsp3) is 0.412. The first-order valence-electron chi connectivity index (χ1n) is 7.84. The van der Waals surface area contributed by atoms with Gasteiger partial charge < -0.3 is 23.8 Å². The zero-order chi connectivity index (χ0) is 16.9. The molecule has 24 heavy (non-hydrogen) atoms. The molecule has 1 saturated heterocycles. The largest absolute Gasteiger partial charge is 0.461 e. The van der Waals surface area contributed by atoms with Gasteiger partial charge in [0, 0.05) is 24.7 Å². The van der Waals surface area contributed by atoms with E-state index in [1.54, 1.807) is 25.1 Å². The number of ether oxygens (including phenoxy) is 4. The molecule has 0 bridgehead atoms. The SMILES string of the molecule is CCOC(=O)/C(=C\C(=O)c1ccc2c(c1)OCO2)N1CCOCC1. The van der Waals surface area contributed by atoms with Gasteiger partial charge in [-0.25, -0.2) is 4.79 Å². The molecule has 0 atom stereocenters. The van der Waals surface area contributed by atoms with E-state index in [-0.39, 0.29) is 24.9 Å². The minimum Gasteiger partial charge on any atom is -0.461 e. The third kappa shape index (κ3) is 3.51. The summed E-state index contributed by atoms with van der Waals surface area (Å²) in [6, 6.07) is 4.94. The monoisotopic (exact) mass is 333 g/mol. The van der Waals surface area contributed by atoms with Gasteiger partial charge in [-0.15, -0.1) is 0 Å². The average Bonchev–Trinajstić information content (AvgIpc) is 3.08. The Morgan fingerprint density at radius 2 is 1.96 bits per heavy atom. The lowest BCUT2D eigenvalue weighted by atomic mass is 10.1. The Morgan fingerprint density at radius 1 is 1.21 bits per heavy atom. The molecule has 0 saturated carbocycles. The molecule has 1 aromatic carbocycles. The summed E-state index contributed by atoms with van der Waals surface area (Å²) in [6.07, 6.45) is 1.32. The number of ketones is 1. The average molecular weight is 333 g/mol. The van der Waals surface area contributed by atoms with Crippen molar-refractivity contribution >= 4 is 11.8 Å². The highest BCUT2D eigenvalue weighted by atomic mass is 16.7. The second-order valence-corrected chi connectivity index (χ2v) is 5.28. The number of benzene rings is 1. The molecule has 7 nitrogen and oxygen atoms in total. The van der Waals surface area contributed by atoms with Crippen molar-refractivity contribution in [1.82, 2.24) is 4.90 Å². The van der Waals surface area contributed by atoms with E-state index < -0.39 is 5.97 Å². The van der Waals surface area contributed by atoms with Crippen LogP contribution in [0.4, 0.5) is 0 Å². The fourth-order valence-corrected chi connectivity index (χ4v) is 2.55.